The Hall–Kier alpha value is -1.88. The van der Waals surface area contributed by atoms with E-state index in [-0.39, 0.29) is 0 Å². The Morgan fingerprint density at radius 2 is 2.16 bits per heavy atom. The molecule has 2 aromatic rings. The SMILES string of the molecule is CCCc1n[nH]c(=S)n1NC/C=C/c1ccccc1. The molecule has 1 heterocycles. The van der Waals surface area contributed by atoms with Gasteiger partial charge in [-0.3, -0.25) is 5.10 Å². The number of aromatic nitrogens is 3. The van der Waals surface area contributed by atoms with Gasteiger partial charge in [-0.25, -0.2) is 4.68 Å². The monoisotopic (exact) mass is 274 g/mol. The van der Waals surface area contributed by atoms with E-state index >= 15 is 0 Å². The van der Waals surface area contributed by atoms with Gasteiger partial charge in [0.15, 0.2) is 5.82 Å². The van der Waals surface area contributed by atoms with Gasteiger partial charge in [-0.1, -0.05) is 49.4 Å². The van der Waals surface area contributed by atoms with E-state index < -0.39 is 0 Å². The Morgan fingerprint density at radius 3 is 2.89 bits per heavy atom. The van der Waals surface area contributed by atoms with Crippen LogP contribution in [-0.2, 0) is 6.42 Å². The van der Waals surface area contributed by atoms with Crippen molar-refractivity contribution in [3.05, 3.63) is 52.6 Å². The summed E-state index contributed by atoms with van der Waals surface area (Å²) in [6, 6.07) is 10.2. The summed E-state index contributed by atoms with van der Waals surface area (Å²) in [6.07, 6.45) is 6.10. The van der Waals surface area contributed by atoms with Crippen molar-refractivity contribution in [1.82, 2.24) is 14.9 Å². The molecule has 0 unspecified atom stereocenters. The highest BCUT2D eigenvalue weighted by Crippen LogP contribution is 2.01. The molecule has 0 saturated carbocycles. The van der Waals surface area contributed by atoms with Gasteiger partial charge >= 0.3 is 0 Å². The van der Waals surface area contributed by atoms with Crippen LogP contribution in [0.2, 0.25) is 0 Å². The van der Waals surface area contributed by atoms with Gasteiger partial charge in [-0.05, 0) is 24.2 Å². The fourth-order valence-electron chi connectivity index (χ4n) is 1.79. The lowest BCUT2D eigenvalue weighted by Gasteiger charge is -2.06. The molecule has 0 spiro atoms. The first-order valence-corrected chi connectivity index (χ1v) is 6.84. The Kier molecular flexibility index (Phi) is 4.92. The molecule has 2 N–H and O–H groups in total. The highest BCUT2D eigenvalue weighted by atomic mass is 32.1. The van der Waals surface area contributed by atoms with Crippen LogP contribution < -0.4 is 5.43 Å². The maximum Gasteiger partial charge on any atom is 0.214 e. The molecule has 0 aliphatic heterocycles. The molecule has 1 aromatic heterocycles. The molecule has 0 atom stereocenters. The molecule has 1 aromatic carbocycles. The normalized spacial score (nSPS) is 11.0. The summed E-state index contributed by atoms with van der Waals surface area (Å²) in [6.45, 7) is 2.83. The molecule has 0 saturated heterocycles. The third kappa shape index (κ3) is 3.79. The van der Waals surface area contributed by atoms with Crippen molar-refractivity contribution in [2.75, 3.05) is 12.0 Å². The van der Waals surface area contributed by atoms with Gasteiger partial charge in [0.05, 0.1) is 0 Å². The van der Waals surface area contributed by atoms with Crippen molar-refractivity contribution in [3.8, 4) is 0 Å². The average Bonchev–Trinajstić information content (AvgIpc) is 2.78. The minimum Gasteiger partial charge on any atom is -0.318 e. The number of rotatable bonds is 6. The first-order valence-electron chi connectivity index (χ1n) is 6.43. The molecule has 0 aliphatic carbocycles. The smallest absolute Gasteiger partial charge is 0.214 e. The lowest BCUT2D eigenvalue weighted by atomic mass is 10.2. The van der Waals surface area contributed by atoms with Gasteiger partial charge in [-0.2, -0.15) is 5.10 Å². The van der Waals surface area contributed by atoms with Crippen molar-refractivity contribution < 1.29 is 0 Å². The van der Waals surface area contributed by atoms with Crippen LogP contribution in [-0.4, -0.2) is 21.4 Å². The summed E-state index contributed by atoms with van der Waals surface area (Å²) in [7, 11) is 0. The van der Waals surface area contributed by atoms with E-state index in [9.17, 15) is 0 Å². The molecule has 19 heavy (non-hydrogen) atoms. The van der Waals surface area contributed by atoms with Crippen molar-refractivity contribution in [3.63, 3.8) is 0 Å². The molecule has 0 radical (unpaired) electrons. The summed E-state index contributed by atoms with van der Waals surface area (Å²) in [5.41, 5.74) is 4.44. The van der Waals surface area contributed by atoms with Crippen LogP contribution in [0, 0.1) is 4.77 Å². The van der Waals surface area contributed by atoms with Gasteiger partial charge in [0, 0.05) is 13.0 Å². The molecule has 0 bridgehead atoms. The van der Waals surface area contributed by atoms with Crippen molar-refractivity contribution in [2.45, 2.75) is 19.8 Å². The number of H-pyrrole nitrogens is 1. The lowest BCUT2D eigenvalue weighted by Crippen LogP contribution is -2.17. The van der Waals surface area contributed by atoms with Crippen LogP contribution in [0.5, 0.6) is 0 Å². The molecule has 2 rings (SSSR count). The van der Waals surface area contributed by atoms with Gasteiger partial charge in [0.25, 0.3) is 0 Å². The molecule has 4 nitrogen and oxygen atoms in total. The third-order valence-electron chi connectivity index (χ3n) is 2.69. The van der Waals surface area contributed by atoms with Gasteiger partial charge in [0.1, 0.15) is 0 Å². The van der Waals surface area contributed by atoms with Gasteiger partial charge < -0.3 is 5.43 Å². The van der Waals surface area contributed by atoms with Crippen LogP contribution in [0.1, 0.15) is 24.7 Å². The summed E-state index contributed by atoms with van der Waals surface area (Å²) in [5, 5.41) is 7.01. The van der Waals surface area contributed by atoms with Crippen molar-refractivity contribution in [2.24, 2.45) is 0 Å². The van der Waals surface area contributed by atoms with E-state index in [1.165, 1.54) is 5.56 Å². The van der Waals surface area contributed by atoms with Crippen molar-refractivity contribution in [1.29, 1.82) is 0 Å². The predicted octanol–water partition coefficient (Wildman–Crippen LogP) is 3.15. The van der Waals surface area contributed by atoms with Crippen molar-refractivity contribution >= 4 is 18.3 Å². The molecule has 0 aliphatic rings. The summed E-state index contributed by atoms with van der Waals surface area (Å²) >= 11 is 5.19. The Labute approximate surface area is 118 Å². The highest BCUT2D eigenvalue weighted by molar-refractivity contribution is 7.71. The molecule has 0 amide bonds. The van der Waals surface area contributed by atoms with E-state index in [0.717, 1.165) is 18.7 Å². The number of benzene rings is 1. The molecular weight excluding hydrogens is 256 g/mol. The second kappa shape index (κ2) is 6.89. The van der Waals surface area contributed by atoms with Gasteiger partial charge in [-0.15, -0.1) is 0 Å². The zero-order valence-corrected chi connectivity index (χ0v) is 11.8. The summed E-state index contributed by atoms with van der Waals surface area (Å²) < 4.78 is 2.45. The Bertz CT molecular complexity index is 583. The van der Waals surface area contributed by atoms with Crippen LogP contribution in [0.25, 0.3) is 6.08 Å². The molecule has 5 heteroatoms. The Morgan fingerprint density at radius 1 is 1.37 bits per heavy atom. The zero-order chi connectivity index (χ0) is 13.5. The van der Waals surface area contributed by atoms with E-state index in [0.29, 0.717) is 11.3 Å². The minimum absolute atomic E-state index is 0.608. The molecule has 0 fully saturated rings. The fraction of sp³-hybridized carbons (Fsp3) is 0.286. The number of hydrogen-bond donors (Lipinski definition) is 2. The van der Waals surface area contributed by atoms with E-state index in [4.69, 9.17) is 12.2 Å². The fourth-order valence-corrected chi connectivity index (χ4v) is 2.00. The van der Waals surface area contributed by atoms with Crippen LogP contribution >= 0.6 is 12.2 Å². The Balaban J connectivity index is 1.94. The summed E-state index contributed by atoms with van der Waals surface area (Å²) in [5.74, 6) is 0.945. The summed E-state index contributed by atoms with van der Waals surface area (Å²) in [4.78, 5) is 0. The largest absolute Gasteiger partial charge is 0.318 e. The number of aryl methyl sites for hydroxylation is 1. The number of hydrogen-bond acceptors (Lipinski definition) is 3. The minimum atomic E-state index is 0.608. The average molecular weight is 274 g/mol. The van der Waals surface area contributed by atoms with Crippen LogP contribution in [0.15, 0.2) is 36.4 Å². The lowest BCUT2D eigenvalue weighted by molar-refractivity contribution is 0.750. The van der Waals surface area contributed by atoms with Crippen LogP contribution in [0.3, 0.4) is 0 Å². The second-order valence-corrected chi connectivity index (χ2v) is 4.59. The zero-order valence-electron chi connectivity index (χ0n) is 11.0. The number of nitrogens with one attached hydrogen (secondary N) is 2. The number of nitrogens with zero attached hydrogens (tertiary/aromatic N) is 2. The number of aromatic amines is 1. The highest BCUT2D eigenvalue weighted by Gasteiger charge is 2.02. The van der Waals surface area contributed by atoms with E-state index in [2.05, 4.69) is 46.8 Å². The second-order valence-electron chi connectivity index (χ2n) is 4.21. The standard InChI is InChI=1S/C14H18N4S/c1-2-7-13-16-17-14(19)18(13)15-11-6-10-12-8-4-3-5-9-12/h3-6,8-10,15H,2,7,11H2,1H3,(H,17,19)/b10-6+. The van der Waals surface area contributed by atoms with Crippen LogP contribution in [0.4, 0.5) is 0 Å². The maximum atomic E-state index is 5.19. The third-order valence-corrected chi connectivity index (χ3v) is 2.97. The molecular formula is C14H18N4S. The van der Waals surface area contributed by atoms with E-state index in [1.54, 1.807) is 0 Å². The topological polar surface area (TPSA) is 45.6 Å². The van der Waals surface area contributed by atoms with E-state index in [1.807, 2.05) is 22.9 Å². The first kappa shape index (κ1) is 13.5. The quantitative estimate of drug-likeness (QED) is 0.795. The van der Waals surface area contributed by atoms with Gasteiger partial charge in [0.2, 0.25) is 4.77 Å². The first-order chi connectivity index (χ1) is 9.31. The maximum absolute atomic E-state index is 5.19. The predicted molar refractivity (Wildman–Crippen MR) is 81.1 cm³/mol. The molecule has 100 valence electrons.